The lowest BCUT2D eigenvalue weighted by molar-refractivity contribution is -0.135. The van der Waals surface area contributed by atoms with Crippen molar-refractivity contribution in [1.29, 1.82) is 0 Å². The summed E-state index contributed by atoms with van der Waals surface area (Å²) in [5.41, 5.74) is 3.89. The number of nitrogens with one attached hydrogen (secondary N) is 1. The van der Waals surface area contributed by atoms with Gasteiger partial charge in [0.05, 0.1) is 12.3 Å². The predicted octanol–water partition coefficient (Wildman–Crippen LogP) is 3.22. The molecule has 1 aromatic carbocycles. The first kappa shape index (κ1) is 15.9. The highest BCUT2D eigenvalue weighted by Crippen LogP contribution is 2.13. The summed E-state index contributed by atoms with van der Waals surface area (Å²) >= 11 is 3.33. The van der Waals surface area contributed by atoms with E-state index < -0.39 is 5.97 Å². The fourth-order valence-corrected chi connectivity index (χ4v) is 1.22. The number of anilines is 1. The van der Waals surface area contributed by atoms with Gasteiger partial charge in [-0.3, -0.25) is 5.43 Å². The second kappa shape index (κ2) is 8.08. The molecule has 17 heavy (non-hydrogen) atoms. The number of ether oxygens (including phenoxy) is 1. The van der Waals surface area contributed by atoms with E-state index in [4.69, 9.17) is 4.74 Å². The fraction of sp³-hybridized carbons (Fsp3) is 0.273. The van der Waals surface area contributed by atoms with Gasteiger partial charge in [-0.15, -0.1) is 12.4 Å². The van der Waals surface area contributed by atoms with Gasteiger partial charge in [0.1, 0.15) is 5.71 Å². The van der Waals surface area contributed by atoms with Gasteiger partial charge in [-0.1, -0.05) is 15.9 Å². The number of carbonyl (C=O) groups is 1. The summed E-state index contributed by atoms with van der Waals surface area (Å²) in [4.78, 5) is 11.2. The Balaban J connectivity index is 0.00000256. The van der Waals surface area contributed by atoms with Crippen LogP contribution in [0.15, 0.2) is 33.8 Å². The number of carbonyl (C=O) groups excluding carboxylic acids is 1. The molecule has 0 saturated carbocycles. The average Bonchev–Trinajstić information content (AvgIpc) is 2.28. The largest absolute Gasteiger partial charge is 0.461 e. The van der Waals surface area contributed by atoms with Crippen molar-refractivity contribution in [3.63, 3.8) is 0 Å². The number of rotatable bonds is 4. The van der Waals surface area contributed by atoms with E-state index in [-0.39, 0.29) is 12.4 Å². The summed E-state index contributed by atoms with van der Waals surface area (Å²) in [6.07, 6.45) is 0. The van der Waals surface area contributed by atoms with Crippen molar-refractivity contribution in [2.45, 2.75) is 13.8 Å². The molecule has 0 amide bonds. The van der Waals surface area contributed by atoms with Gasteiger partial charge in [0.15, 0.2) is 0 Å². The molecular formula is C11H14BrClN2O2. The van der Waals surface area contributed by atoms with Crippen molar-refractivity contribution in [2.75, 3.05) is 12.0 Å². The minimum Gasteiger partial charge on any atom is -0.461 e. The molecule has 1 aromatic rings. The van der Waals surface area contributed by atoms with Crippen LogP contribution in [0.2, 0.25) is 0 Å². The van der Waals surface area contributed by atoms with Crippen molar-refractivity contribution in [3.05, 3.63) is 28.7 Å². The minimum atomic E-state index is -0.410. The lowest BCUT2D eigenvalue weighted by atomic mass is 10.3. The topological polar surface area (TPSA) is 50.7 Å². The third kappa shape index (κ3) is 5.70. The van der Waals surface area contributed by atoms with Crippen LogP contribution in [0.4, 0.5) is 5.69 Å². The van der Waals surface area contributed by atoms with E-state index in [9.17, 15) is 4.79 Å². The van der Waals surface area contributed by atoms with Crippen molar-refractivity contribution in [2.24, 2.45) is 5.10 Å². The molecule has 0 aliphatic heterocycles. The Bertz CT molecular complexity index is 393. The molecule has 4 nitrogen and oxygen atoms in total. The van der Waals surface area contributed by atoms with Gasteiger partial charge in [0.2, 0.25) is 0 Å². The first-order valence-corrected chi connectivity index (χ1v) is 5.65. The first-order valence-electron chi connectivity index (χ1n) is 4.86. The highest BCUT2D eigenvalue weighted by Gasteiger charge is 2.05. The first-order chi connectivity index (χ1) is 7.63. The van der Waals surface area contributed by atoms with Gasteiger partial charge in [0.25, 0.3) is 0 Å². The normalized spacial score (nSPS) is 10.4. The summed E-state index contributed by atoms with van der Waals surface area (Å²) in [6.45, 7) is 3.71. The van der Waals surface area contributed by atoms with Gasteiger partial charge in [0, 0.05) is 4.47 Å². The maximum Gasteiger partial charge on any atom is 0.354 e. The molecule has 0 atom stereocenters. The molecule has 0 heterocycles. The quantitative estimate of drug-likeness (QED) is 0.526. The maximum atomic E-state index is 11.2. The Morgan fingerprint density at radius 1 is 1.41 bits per heavy atom. The zero-order chi connectivity index (χ0) is 12.0. The standard InChI is InChI=1S/C11H13BrN2O2.ClH/c1-3-16-11(15)8(2)13-14-10-6-4-9(12)5-7-10;/h4-7,14H,3H2,1-2H3;1H/b13-8+;. The molecule has 94 valence electrons. The van der Waals surface area contributed by atoms with E-state index in [1.807, 2.05) is 24.3 Å². The van der Waals surface area contributed by atoms with Gasteiger partial charge >= 0.3 is 5.97 Å². The fourth-order valence-electron chi connectivity index (χ4n) is 0.954. The average molecular weight is 322 g/mol. The van der Waals surface area contributed by atoms with Crippen LogP contribution in [0.1, 0.15) is 13.8 Å². The third-order valence-electron chi connectivity index (χ3n) is 1.77. The Hall–Kier alpha value is -1.07. The zero-order valence-corrected chi connectivity index (χ0v) is 12.0. The second-order valence-electron chi connectivity index (χ2n) is 3.04. The molecule has 0 aromatic heterocycles. The van der Waals surface area contributed by atoms with Crippen LogP contribution in [0.3, 0.4) is 0 Å². The Morgan fingerprint density at radius 2 is 2.00 bits per heavy atom. The lowest BCUT2D eigenvalue weighted by Crippen LogP contribution is -2.15. The minimum absolute atomic E-state index is 0. The van der Waals surface area contributed by atoms with E-state index in [1.54, 1.807) is 13.8 Å². The molecule has 0 unspecified atom stereocenters. The highest BCUT2D eigenvalue weighted by molar-refractivity contribution is 9.10. The van der Waals surface area contributed by atoms with Crippen LogP contribution >= 0.6 is 28.3 Å². The highest BCUT2D eigenvalue weighted by atomic mass is 79.9. The Labute approximate surface area is 115 Å². The number of hydrazone groups is 1. The summed E-state index contributed by atoms with van der Waals surface area (Å²) in [7, 11) is 0. The van der Waals surface area contributed by atoms with Crippen LogP contribution in [0.25, 0.3) is 0 Å². The Morgan fingerprint density at radius 3 is 2.53 bits per heavy atom. The summed E-state index contributed by atoms with van der Waals surface area (Å²) in [5.74, 6) is -0.410. The van der Waals surface area contributed by atoms with E-state index in [1.165, 1.54) is 0 Å². The van der Waals surface area contributed by atoms with Gasteiger partial charge in [-0.25, -0.2) is 4.79 Å². The van der Waals surface area contributed by atoms with E-state index in [0.29, 0.717) is 12.3 Å². The van der Waals surface area contributed by atoms with E-state index in [2.05, 4.69) is 26.5 Å². The molecule has 0 radical (unpaired) electrons. The molecule has 0 bridgehead atoms. The smallest absolute Gasteiger partial charge is 0.354 e. The van der Waals surface area contributed by atoms with Gasteiger partial charge in [-0.05, 0) is 38.1 Å². The second-order valence-corrected chi connectivity index (χ2v) is 3.95. The number of halogens is 2. The van der Waals surface area contributed by atoms with Crippen LogP contribution < -0.4 is 5.43 Å². The third-order valence-corrected chi connectivity index (χ3v) is 2.30. The van der Waals surface area contributed by atoms with Crippen molar-refractivity contribution in [3.8, 4) is 0 Å². The molecule has 0 spiro atoms. The van der Waals surface area contributed by atoms with Crippen LogP contribution in [-0.2, 0) is 9.53 Å². The van der Waals surface area contributed by atoms with Gasteiger partial charge in [-0.2, -0.15) is 5.10 Å². The molecule has 0 aliphatic carbocycles. The molecule has 0 fully saturated rings. The van der Waals surface area contributed by atoms with Crippen molar-refractivity contribution < 1.29 is 9.53 Å². The van der Waals surface area contributed by atoms with E-state index in [0.717, 1.165) is 10.2 Å². The number of benzene rings is 1. The molecule has 6 heteroatoms. The van der Waals surface area contributed by atoms with E-state index >= 15 is 0 Å². The predicted molar refractivity (Wildman–Crippen MR) is 74.8 cm³/mol. The summed E-state index contributed by atoms with van der Waals surface area (Å²) in [6, 6.07) is 7.48. The monoisotopic (exact) mass is 320 g/mol. The van der Waals surface area contributed by atoms with Crippen LogP contribution in [-0.4, -0.2) is 18.3 Å². The van der Waals surface area contributed by atoms with Crippen molar-refractivity contribution >= 4 is 45.7 Å². The molecule has 1 rings (SSSR count). The number of hydrogen-bond acceptors (Lipinski definition) is 4. The Kier molecular flexibility index (Phi) is 7.58. The zero-order valence-electron chi connectivity index (χ0n) is 9.57. The van der Waals surface area contributed by atoms with Crippen molar-refractivity contribution in [1.82, 2.24) is 0 Å². The summed E-state index contributed by atoms with van der Waals surface area (Å²) in [5, 5.41) is 3.92. The molecule has 0 aliphatic rings. The lowest BCUT2D eigenvalue weighted by Gasteiger charge is -2.03. The SMILES string of the molecule is CCOC(=O)/C(C)=N/Nc1ccc(Br)cc1.Cl. The molecule has 0 saturated heterocycles. The molecular weight excluding hydrogens is 307 g/mol. The van der Waals surface area contributed by atoms with Crippen LogP contribution in [0.5, 0.6) is 0 Å². The maximum absolute atomic E-state index is 11.2. The number of hydrogen-bond donors (Lipinski definition) is 1. The van der Waals surface area contributed by atoms with Gasteiger partial charge < -0.3 is 4.74 Å². The van der Waals surface area contributed by atoms with Crippen LogP contribution in [0, 0.1) is 0 Å². The molecule has 1 N–H and O–H groups in total. The summed E-state index contributed by atoms with van der Waals surface area (Å²) < 4.78 is 5.78. The number of nitrogens with zero attached hydrogens (tertiary/aromatic N) is 1. The number of esters is 1.